The Morgan fingerprint density at radius 2 is 2.00 bits per heavy atom. The Labute approximate surface area is 122 Å². The number of fused-ring (bicyclic) bond motifs is 1. The predicted octanol–water partition coefficient (Wildman–Crippen LogP) is 1.19. The summed E-state index contributed by atoms with van der Waals surface area (Å²) in [5, 5.41) is 8.91. The molecule has 2 rings (SSSR count). The van der Waals surface area contributed by atoms with Crippen LogP contribution in [-0.4, -0.2) is 39.5 Å². The van der Waals surface area contributed by atoms with Crippen molar-refractivity contribution in [3.05, 3.63) is 33.2 Å². The number of carbonyl (C=O) groups is 2. The number of aryl methyl sites for hydroxylation is 2. The highest BCUT2D eigenvalue weighted by molar-refractivity contribution is 5.95. The number of hydrogen-bond donors (Lipinski definition) is 2. The van der Waals surface area contributed by atoms with E-state index in [0.717, 1.165) is 36.9 Å². The molecule has 1 aromatic rings. The molecule has 0 aliphatic heterocycles. The second-order valence-corrected chi connectivity index (χ2v) is 5.64. The first-order chi connectivity index (χ1) is 9.90. The molecule has 0 atom stereocenters. The van der Waals surface area contributed by atoms with Crippen LogP contribution in [0.5, 0.6) is 0 Å². The zero-order valence-corrected chi connectivity index (χ0v) is 12.3. The fourth-order valence-electron chi connectivity index (χ4n) is 2.62. The van der Waals surface area contributed by atoms with E-state index in [0.29, 0.717) is 0 Å². The van der Waals surface area contributed by atoms with E-state index >= 15 is 0 Å². The van der Waals surface area contributed by atoms with Crippen molar-refractivity contribution in [3.63, 3.8) is 0 Å². The first-order valence-corrected chi connectivity index (χ1v) is 7.18. The molecule has 0 spiro atoms. The van der Waals surface area contributed by atoms with Gasteiger partial charge in [0.25, 0.3) is 11.5 Å². The van der Waals surface area contributed by atoms with Crippen molar-refractivity contribution < 1.29 is 14.7 Å². The number of H-pyrrole nitrogens is 1. The largest absolute Gasteiger partial charge is 0.480 e. The lowest BCUT2D eigenvalue weighted by molar-refractivity contribution is -0.138. The summed E-state index contributed by atoms with van der Waals surface area (Å²) in [7, 11) is 0. The van der Waals surface area contributed by atoms with Gasteiger partial charge in [-0.3, -0.25) is 14.4 Å². The average Bonchev–Trinajstić information content (AvgIpc) is 2.42. The second-order valence-electron chi connectivity index (χ2n) is 5.64. The minimum atomic E-state index is -1.09. The molecule has 1 aliphatic carbocycles. The van der Waals surface area contributed by atoms with Crippen LogP contribution < -0.4 is 5.56 Å². The van der Waals surface area contributed by atoms with Crippen LogP contribution in [0.15, 0.2) is 10.9 Å². The van der Waals surface area contributed by atoms with Gasteiger partial charge in [-0.15, -0.1) is 0 Å². The molecule has 1 amide bonds. The number of carbonyl (C=O) groups excluding carboxylic acids is 1. The molecule has 6 nitrogen and oxygen atoms in total. The molecule has 21 heavy (non-hydrogen) atoms. The minimum absolute atomic E-state index is 0.0330. The second kappa shape index (κ2) is 6.11. The van der Waals surface area contributed by atoms with Gasteiger partial charge in [0.1, 0.15) is 12.1 Å². The summed E-state index contributed by atoms with van der Waals surface area (Å²) in [6.07, 6.45) is 3.73. The quantitative estimate of drug-likeness (QED) is 0.872. The molecule has 0 radical (unpaired) electrons. The summed E-state index contributed by atoms with van der Waals surface area (Å²) in [6, 6.07) is 1.34. The maximum absolute atomic E-state index is 12.5. The Morgan fingerprint density at radius 3 is 2.62 bits per heavy atom. The number of hydrogen-bond acceptors (Lipinski definition) is 3. The number of amides is 1. The number of pyridine rings is 1. The van der Waals surface area contributed by atoms with E-state index in [1.807, 2.05) is 0 Å². The molecule has 0 unspecified atom stereocenters. The van der Waals surface area contributed by atoms with Gasteiger partial charge in [-0.25, -0.2) is 0 Å². The molecular weight excluding hydrogens is 272 g/mol. The molecule has 6 heteroatoms. The van der Waals surface area contributed by atoms with E-state index in [9.17, 15) is 14.4 Å². The molecule has 0 fully saturated rings. The van der Waals surface area contributed by atoms with Crippen LogP contribution in [0.2, 0.25) is 0 Å². The number of aromatic nitrogens is 1. The van der Waals surface area contributed by atoms with Gasteiger partial charge in [0.05, 0.1) is 0 Å². The maximum Gasteiger partial charge on any atom is 0.323 e. The number of nitrogens with zero attached hydrogens (tertiary/aromatic N) is 1. The Balaban J connectivity index is 2.37. The van der Waals surface area contributed by atoms with Gasteiger partial charge in [-0.05, 0) is 51.2 Å². The van der Waals surface area contributed by atoms with Gasteiger partial charge in [0.2, 0.25) is 0 Å². The van der Waals surface area contributed by atoms with Crippen molar-refractivity contribution >= 4 is 11.9 Å². The summed E-state index contributed by atoms with van der Waals surface area (Å²) in [6.45, 7) is 3.05. The average molecular weight is 292 g/mol. The summed E-state index contributed by atoms with van der Waals surface area (Å²) in [5.74, 6) is -1.62. The number of carboxylic acid groups (broad SMARTS) is 1. The lowest BCUT2D eigenvalue weighted by Crippen LogP contribution is -2.43. The zero-order chi connectivity index (χ0) is 15.6. The summed E-state index contributed by atoms with van der Waals surface area (Å²) >= 11 is 0. The molecule has 0 saturated heterocycles. The van der Waals surface area contributed by atoms with Gasteiger partial charge in [0, 0.05) is 11.7 Å². The van der Waals surface area contributed by atoms with Gasteiger partial charge >= 0.3 is 5.97 Å². The topological polar surface area (TPSA) is 90.5 Å². The van der Waals surface area contributed by atoms with E-state index < -0.39 is 24.0 Å². The molecule has 2 N–H and O–H groups in total. The maximum atomic E-state index is 12.5. The van der Waals surface area contributed by atoms with E-state index in [1.54, 1.807) is 19.9 Å². The highest BCUT2D eigenvalue weighted by atomic mass is 16.4. The predicted molar refractivity (Wildman–Crippen MR) is 77.5 cm³/mol. The third-order valence-electron chi connectivity index (χ3n) is 3.76. The van der Waals surface area contributed by atoms with Crippen LogP contribution in [0.3, 0.4) is 0 Å². The number of nitrogens with one attached hydrogen (secondary N) is 1. The summed E-state index contributed by atoms with van der Waals surface area (Å²) < 4.78 is 0. The molecule has 1 heterocycles. The van der Waals surface area contributed by atoms with Gasteiger partial charge in [-0.2, -0.15) is 0 Å². The zero-order valence-electron chi connectivity index (χ0n) is 12.3. The third kappa shape index (κ3) is 3.32. The lowest BCUT2D eigenvalue weighted by atomic mass is 9.95. The van der Waals surface area contributed by atoms with Crippen molar-refractivity contribution in [1.29, 1.82) is 0 Å². The fourth-order valence-corrected chi connectivity index (χ4v) is 2.62. The Hall–Kier alpha value is -2.11. The molecule has 114 valence electrons. The molecule has 0 saturated carbocycles. The van der Waals surface area contributed by atoms with Gasteiger partial charge in [-0.1, -0.05) is 0 Å². The summed E-state index contributed by atoms with van der Waals surface area (Å²) in [4.78, 5) is 39.4. The number of rotatable bonds is 4. The minimum Gasteiger partial charge on any atom is -0.480 e. The SMILES string of the molecule is CC(C)N(CC(=O)O)C(=O)c1cc2c([nH]c1=O)CCCC2. The number of aromatic amines is 1. The van der Waals surface area contributed by atoms with Crippen molar-refractivity contribution in [3.8, 4) is 0 Å². The third-order valence-corrected chi connectivity index (χ3v) is 3.76. The van der Waals surface area contributed by atoms with Crippen LogP contribution in [0.25, 0.3) is 0 Å². The van der Waals surface area contributed by atoms with Gasteiger partial charge in [0.15, 0.2) is 0 Å². The van der Waals surface area contributed by atoms with E-state index in [2.05, 4.69) is 4.98 Å². The van der Waals surface area contributed by atoms with Crippen LogP contribution in [0, 0.1) is 0 Å². The van der Waals surface area contributed by atoms with E-state index in [-0.39, 0.29) is 11.6 Å². The van der Waals surface area contributed by atoms with Crippen LogP contribution in [-0.2, 0) is 17.6 Å². The highest BCUT2D eigenvalue weighted by Crippen LogP contribution is 2.19. The van der Waals surface area contributed by atoms with Crippen LogP contribution >= 0.6 is 0 Å². The monoisotopic (exact) mass is 292 g/mol. The fraction of sp³-hybridized carbons (Fsp3) is 0.533. The van der Waals surface area contributed by atoms with E-state index in [4.69, 9.17) is 5.11 Å². The van der Waals surface area contributed by atoms with E-state index in [1.165, 1.54) is 4.90 Å². The highest BCUT2D eigenvalue weighted by Gasteiger charge is 2.25. The first kappa shape index (κ1) is 15.3. The first-order valence-electron chi connectivity index (χ1n) is 7.18. The normalized spacial score (nSPS) is 13.9. The van der Waals surface area contributed by atoms with Crippen LogP contribution in [0.1, 0.15) is 48.3 Å². The van der Waals surface area contributed by atoms with Crippen molar-refractivity contribution in [2.45, 2.75) is 45.6 Å². The lowest BCUT2D eigenvalue weighted by Gasteiger charge is -2.25. The Kier molecular flexibility index (Phi) is 4.45. The van der Waals surface area contributed by atoms with Gasteiger partial charge < -0.3 is 15.0 Å². The Morgan fingerprint density at radius 1 is 1.33 bits per heavy atom. The van der Waals surface area contributed by atoms with Crippen molar-refractivity contribution in [2.24, 2.45) is 0 Å². The number of carboxylic acids is 1. The smallest absolute Gasteiger partial charge is 0.323 e. The molecular formula is C15H20N2O4. The molecule has 0 bridgehead atoms. The molecule has 1 aliphatic rings. The number of aliphatic carboxylic acids is 1. The molecule has 0 aromatic carbocycles. The standard InChI is InChI=1S/C15H20N2O4/c1-9(2)17(8-13(18)19)15(21)11-7-10-5-3-4-6-12(10)16-14(11)20/h7,9H,3-6,8H2,1-2H3,(H,16,20)(H,18,19). The van der Waals surface area contributed by atoms with Crippen LogP contribution in [0.4, 0.5) is 0 Å². The Bertz CT molecular complexity index is 619. The summed E-state index contributed by atoms with van der Waals surface area (Å²) in [5.41, 5.74) is 1.49. The van der Waals surface area contributed by atoms with Crippen molar-refractivity contribution in [2.75, 3.05) is 6.54 Å². The molecule has 1 aromatic heterocycles. The van der Waals surface area contributed by atoms with Crippen molar-refractivity contribution in [1.82, 2.24) is 9.88 Å².